The van der Waals surface area contributed by atoms with Crippen molar-refractivity contribution in [1.82, 2.24) is 14.8 Å². The van der Waals surface area contributed by atoms with Gasteiger partial charge in [0.1, 0.15) is 0 Å². The van der Waals surface area contributed by atoms with Crippen molar-refractivity contribution in [1.29, 1.82) is 0 Å². The van der Waals surface area contributed by atoms with E-state index in [0.29, 0.717) is 0 Å². The Balaban J connectivity index is 2.79. The molecule has 0 aliphatic heterocycles. The highest BCUT2D eigenvalue weighted by Gasteiger charge is 2.07. The van der Waals surface area contributed by atoms with E-state index in [-0.39, 0.29) is 12.0 Å². The third-order valence-electron chi connectivity index (χ3n) is 1.04. The fourth-order valence-electron chi connectivity index (χ4n) is 0.581. The molecule has 0 aliphatic rings. The molecule has 62 valence electrons. The van der Waals surface area contributed by atoms with Crippen LogP contribution in [-0.4, -0.2) is 29.0 Å². The van der Waals surface area contributed by atoms with Crippen molar-refractivity contribution >= 4 is 0 Å². The highest BCUT2D eigenvalue weighted by atomic mass is 17.2. The van der Waals surface area contributed by atoms with Crippen LogP contribution in [0.25, 0.3) is 0 Å². The predicted octanol–water partition coefficient (Wildman–Crippen LogP) is -0.236. The van der Waals surface area contributed by atoms with Crippen molar-refractivity contribution in [3.8, 4) is 12.0 Å². The zero-order valence-electron chi connectivity index (χ0n) is 6.57. The van der Waals surface area contributed by atoms with Crippen LogP contribution in [0.4, 0.5) is 0 Å². The highest BCUT2D eigenvalue weighted by Crippen LogP contribution is 2.10. The Labute approximate surface area is 63.6 Å². The van der Waals surface area contributed by atoms with E-state index in [0.717, 1.165) is 0 Å². The van der Waals surface area contributed by atoms with Crippen molar-refractivity contribution < 1.29 is 14.5 Å². The first-order valence-electron chi connectivity index (χ1n) is 2.93. The van der Waals surface area contributed by atoms with Crippen molar-refractivity contribution in [2.24, 2.45) is 7.05 Å². The number of hydrogen-bond donors (Lipinski definition) is 0. The summed E-state index contributed by atoms with van der Waals surface area (Å²) in [6.45, 7) is 0. The van der Waals surface area contributed by atoms with Gasteiger partial charge in [0.15, 0.2) is 0 Å². The van der Waals surface area contributed by atoms with E-state index in [4.69, 9.17) is 4.74 Å². The largest absolute Gasteiger partial charge is 0.466 e. The van der Waals surface area contributed by atoms with Crippen LogP contribution in [-0.2, 0) is 11.9 Å². The highest BCUT2D eigenvalue weighted by molar-refractivity contribution is 5.00. The minimum absolute atomic E-state index is 0.250. The smallest absolute Gasteiger partial charge is 0.354 e. The molecule has 0 atom stereocenters. The van der Waals surface area contributed by atoms with Gasteiger partial charge < -0.3 is 4.74 Å². The second kappa shape index (κ2) is 3.20. The fraction of sp³-hybridized carbons (Fsp3) is 0.600. The van der Waals surface area contributed by atoms with E-state index >= 15 is 0 Å². The average Bonchev–Trinajstić information content (AvgIpc) is 2.33. The molecule has 0 bridgehead atoms. The van der Waals surface area contributed by atoms with Gasteiger partial charge in [-0.15, -0.1) is 10.1 Å². The molecular formula is C5H9N3O3. The van der Waals surface area contributed by atoms with E-state index in [1.807, 2.05) is 0 Å². The Kier molecular flexibility index (Phi) is 2.27. The summed E-state index contributed by atoms with van der Waals surface area (Å²) in [4.78, 5) is 12.8. The van der Waals surface area contributed by atoms with Crippen molar-refractivity contribution in [3.05, 3.63) is 0 Å². The summed E-state index contributed by atoms with van der Waals surface area (Å²) in [5.74, 6) is 0. The molecule has 0 aliphatic carbocycles. The van der Waals surface area contributed by atoms with Gasteiger partial charge in [-0.3, -0.25) is 4.89 Å². The second-order valence-electron chi connectivity index (χ2n) is 1.75. The van der Waals surface area contributed by atoms with Gasteiger partial charge in [0, 0.05) is 7.05 Å². The summed E-state index contributed by atoms with van der Waals surface area (Å²) in [6.07, 6.45) is 0. The van der Waals surface area contributed by atoms with Crippen LogP contribution in [0.3, 0.4) is 0 Å². The van der Waals surface area contributed by atoms with Gasteiger partial charge in [0.2, 0.25) is 0 Å². The first-order chi connectivity index (χ1) is 5.27. The average molecular weight is 159 g/mol. The number of aryl methyl sites for hydroxylation is 1. The zero-order chi connectivity index (χ0) is 8.27. The van der Waals surface area contributed by atoms with Crippen molar-refractivity contribution in [3.63, 3.8) is 0 Å². The molecule has 1 rings (SSSR count). The van der Waals surface area contributed by atoms with Gasteiger partial charge in [0.25, 0.3) is 0 Å². The summed E-state index contributed by atoms with van der Waals surface area (Å²) < 4.78 is 6.15. The van der Waals surface area contributed by atoms with Gasteiger partial charge in [-0.25, -0.2) is 4.68 Å². The first-order valence-corrected chi connectivity index (χ1v) is 2.93. The lowest BCUT2D eigenvalue weighted by Crippen LogP contribution is -1.99. The van der Waals surface area contributed by atoms with E-state index < -0.39 is 0 Å². The van der Waals surface area contributed by atoms with Crippen LogP contribution < -0.4 is 9.62 Å². The predicted molar refractivity (Wildman–Crippen MR) is 35.2 cm³/mol. The van der Waals surface area contributed by atoms with Gasteiger partial charge in [-0.05, 0) is 0 Å². The lowest BCUT2D eigenvalue weighted by molar-refractivity contribution is -0.187. The molecule has 0 aromatic carbocycles. The molecule has 1 heterocycles. The monoisotopic (exact) mass is 159 g/mol. The molecule has 1 aromatic heterocycles. The lowest BCUT2D eigenvalue weighted by atomic mass is 11.1. The van der Waals surface area contributed by atoms with Crippen LogP contribution in [0.15, 0.2) is 0 Å². The molecule has 0 amide bonds. The van der Waals surface area contributed by atoms with E-state index in [2.05, 4.69) is 19.9 Å². The Morgan fingerprint density at radius 3 is 2.55 bits per heavy atom. The Bertz CT molecular complexity index is 235. The fourth-order valence-corrected chi connectivity index (χ4v) is 0.581. The Morgan fingerprint density at radius 1 is 1.36 bits per heavy atom. The molecule has 6 heteroatoms. The summed E-state index contributed by atoms with van der Waals surface area (Å²) in [5, 5.41) is 3.83. The van der Waals surface area contributed by atoms with Crippen LogP contribution in [0.5, 0.6) is 12.0 Å². The van der Waals surface area contributed by atoms with Crippen molar-refractivity contribution in [2.75, 3.05) is 14.2 Å². The third-order valence-corrected chi connectivity index (χ3v) is 1.04. The van der Waals surface area contributed by atoms with Gasteiger partial charge in [-0.2, -0.15) is 4.89 Å². The van der Waals surface area contributed by atoms with Crippen LogP contribution in [0.1, 0.15) is 0 Å². The van der Waals surface area contributed by atoms with Gasteiger partial charge in [-0.1, -0.05) is 0 Å². The van der Waals surface area contributed by atoms with E-state index in [1.165, 1.54) is 18.9 Å². The summed E-state index contributed by atoms with van der Waals surface area (Å²) in [7, 11) is 4.54. The Hall–Kier alpha value is -1.30. The maximum Gasteiger partial charge on any atom is 0.354 e. The molecule has 0 unspecified atom stereocenters. The normalized spacial score (nSPS) is 9.73. The van der Waals surface area contributed by atoms with Gasteiger partial charge in [0.05, 0.1) is 14.2 Å². The molecule has 0 saturated heterocycles. The lowest BCUT2D eigenvalue weighted by Gasteiger charge is -1.95. The number of rotatable bonds is 3. The maximum absolute atomic E-state index is 4.74. The van der Waals surface area contributed by atoms with Crippen LogP contribution in [0, 0.1) is 0 Å². The molecular weight excluding hydrogens is 150 g/mol. The molecule has 0 radical (unpaired) electrons. The molecule has 6 nitrogen and oxygen atoms in total. The topological polar surface area (TPSA) is 58.4 Å². The Morgan fingerprint density at radius 2 is 2.09 bits per heavy atom. The van der Waals surface area contributed by atoms with Gasteiger partial charge >= 0.3 is 12.0 Å². The SMILES string of the molecule is COOc1nc(OC)nn1C. The number of methoxy groups -OCH3 is 1. The molecule has 0 spiro atoms. The van der Waals surface area contributed by atoms with Crippen LogP contribution >= 0.6 is 0 Å². The summed E-state index contributed by atoms with van der Waals surface area (Å²) in [5.41, 5.74) is 0. The van der Waals surface area contributed by atoms with Crippen molar-refractivity contribution in [2.45, 2.75) is 0 Å². The molecule has 0 saturated carbocycles. The third kappa shape index (κ3) is 1.58. The first kappa shape index (κ1) is 7.80. The number of nitrogens with zero attached hydrogens (tertiary/aromatic N) is 3. The van der Waals surface area contributed by atoms with E-state index in [1.54, 1.807) is 7.05 Å². The quantitative estimate of drug-likeness (QED) is 0.450. The summed E-state index contributed by atoms with van der Waals surface area (Å²) in [6, 6.07) is 0.504. The standard InChI is InChI=1S/C5H9N3O3/c1-8-5(11-10-3)6-4(7-8)9-2/h1-3H3. The minimum atomic E-state index is 0.250. The van der Waals surface area contributed by atoms with Crippen LogP contribution in [0.2, 0.25) is 0 Å². The van der Waals surface area contributed by atoms with E-state index in [9.17, 15) is 0 Å². The second-order valence-corrected chi connectivity index (χ2v) is 1.75. The summed E-state index contributed by atoms with van der Waals surface area (Å²) >= 11 is 0. The number of aromatic nitrogens is 3. The zero-order valence-corrected chi connectivity index (χ0v) is 6.57. The number of ether oxygens (including phenoxy) is 1. The number of hydrogen-bond acceptors (Lipinski definition) is 5. The molecule has 11 heavy (non-hydrogen) atoms. The molecule has 0 N–H and O–H groups in total. The maximum atomic E-state index is 4.74. The molecule has 1 aromatic rings. The minimum Gasteiger partial charge on any atom is -0.466 e. The molecule has 0 fully saturated rings.